The maximum Gasteiger partial charge on any atom is 0.0455 e. The van der Waals surface area contributed by atoms with Crippen LogP contribution in [0.25, 0.3) is 121 Å². The molecule has 18 rings (SSSR count). The van der Waals surface area contributed by atoms with Crippen molar-refractivity contribution in [3.8, 4) is 80.8 Å². The fourth-order valence-corrected chi connectivity index (χ4v) is 22.7. The predicted octanol–water partition coefficient (Wildman–Crippen LogP) is 23.3. The third-order valence-corrected chi connectivity index (χ3v) is 27.0. The molecular formula is C70H48S8. The summed E-state index contributed by atoms with van der Waals surface area (Å²) in [4.78, 5) is 17.3. The number of rotatable bonds is 4. The SMILES string of the molecule is Cc1ccc2sc(-c3cc4c(s3)-c3c(C)c5c(c(C)c3C4)-c3sc(-c4cc6cc(C)ccc6s4)cc3C5)cc2c1.Cc1ccc2sc(-c3cc4c(s3)-c3cc5c(cc3C4)-c3sc(-c4cc6cc(C)ccc6s4)cc3C5)cc2c1. The Labute approximate surface area is 485 Å². The van der Waals surface area contributed by atoms with Gasteiger partial charge in [-0.3, -0.25) is 0 Å². The molecule has 0 bridgehead atoms. The third-order valence-electron chi connectivity index (χ3n) is 16.9. The second-order valence-electron chi connectivity index (χ2n) is 22.3. The summed E-state index contributed by atoms with van der Waals surface area (Å²) in [7, 11) is 0. The van der Waals surface area contributed by atoms with Crippen molar-refractivity contribution in [3.63, 3.8) is 0 Å². The highest BCUT2D eigenvalue weighted by atomic mass is 32.1. The van der Waals surface area contributed by atoms with Gasteiger partial charge in [0.25, 0.3) is 0 Å². The summed E-state index contributed by atoms with van der Waals surface area (Å²) in [5.74, 6) is 0. The van der Waals surface area contributed by atoms with E-state index in [1.54, 1.807) is 11.1 Å². The molecule has 8 aromatic heterocycles. The van der Waals surface area contributed by atoms with E-state index < -0.39 is 0 Å². The second-order valence-corrected chi connectivity index (χ2v) is 30.8. The minimum absolute atomic E-state index is 1.06. The van der Waals surface area contributed by atoms with E-state index in [2.05, 4.69) is 175 Å². The minimum Gasteiger partial charge on any atom is -0.134 e. The van der Waals surface area contributed by atoms with Crippen LogP contribution in [0.2, 0.25) is 0 Å². The molecule has 0 aliphatic heterocycles. The van der Waals surface area contributed by atoms with Gasteiger partial charge in [-0.15, -0.1) is 90.7 Å². The van der Waals surface area contributed by atoms with Crippen molar-refractivity contribution in [1.29, 1.82) is 0 Å². The first-order chi connectivity index (χ1) is 38.0. The van der Waals surface area contributed by atoms with Crippen LogP contribution in [0.5, 0.6) is 0 Å². The molecule has 0 saturated carbocycles. The van der Waals surface area contributed by atoms with Gasteiger partial charge in [-0.1, -0.05) is 70.8 Å². The zero-order valence-electron chi connectivity index (χ0n) is 43.8. The molecule has 0 saturated heterocycles. The minimum atomic E-state index is 1.06. The van der Waals surface area contributed by atoms with Gasteiger partial charge in [0, 0.05) is 77.3 Å². The van der Waals surface area contributed by atoms with Crippen LogP contribution in [0.15, 0.2) is 133 Å². The number of aryl methyl sites for hydroxylation is 4. The van der Waals surface area contributed by atoms with Gasteiger partial charge in [-0.25, -0.2) is 0 Å². The van der Waals surface area contributed by atoms with E-state index in [9.17, 15) is 0 Å². The molecule has 8 heterocycles. The Morgan fingerprint density at radius 2 is 0.538 bits per heavy atom. The number of thiophene rings is 8. The molecule has 0 amide bonds. The monoisotopic (exact) mass is 1140 g/mol. The fourth-order valence-electron chi connectivity index (χ4n) is 13.1. The Balaban J connectivity index is 0.000000126. The summed E-state index contributed by atoms with van der Waals surface area (Å²) < 4.78 is 5.54. The summed E-state index contributed by atoms with van der Waals surface area (Å²) in [5.41, 5.74) is 26.6. The van der Waals surface area contributed by atoms with Crippen molar-refractivity contribution in [2.75, 3.05) is 0 Å². The Morgan fingerprint density at radius 3 is 0.859 bits per heavy atom. The summed E-state index contributed by atoms with van der Waals surface area (Å²) in [6.45, 7) is 13.5. The predicted molar refractivity (Wildman–Crippen MR) is 349 cm³/mol. The Hall–Kier alpha value is -6.04. The molecule has 0 atom stereocenters. The average Bonchev–Trinajstić information content (AvgIpc) is 4.02. The molecular weight excluding hydrogens is 1100 g/mol. The lowest BCUT2D eigenvalue weighted by atomic mass is 9.90. The molecule has 0 spiro atoms. The molecule has 8 heteroatoms. The topological polar surface area (TPSA) is 0 Å². The number of fused-ring (bicyclic) bond motifs is 16. The van der Waals surface area contributed by atoms with Gasteiger partial charge in [0.05, 0.1) is 0 Å². The second kappa shape index (κ2) is 17.2. The molecule has 14 aromatic rings. The normalized spacial score (nSPS) is 13.3. The quantitative estimate of drug-likeness (QED) is 0.165. The first-order valence-corrected chi connectivity index (χ1v) is 33.4. The largest absolute Gasteiger partial charge is 0.134 e. The molecule has 0 unspecified atom stereocenters. The van der Waals surface area contributed by atoms with Crippen molar-refractivity contribution in [1.82, 2.24) is 0 Å². The molecule has 4 aliphatic carbocycles. The van der Waals surface area contributed by atoms with Gasteiger partial charge in [-0.05, 0) is 252 Å². The summed E-state index contributed by atoms with van der Waals surface area (Å²) in [6.07, 6.45) is 4.24. The zero-order chi connectivity index (χ0) is 52.0. The van der Waals surface area contributed by atoms with E-state index in [0.29, 0.717) is 0 Å². The molecule has 0 radical (unpaired) electrons. The highest BCUT2D eigenvalue weighted by molar-refractivity contribution is 7.29. The maximum absolute atomic E-state index is 2.51. The first kappa shape index (κ1) is 46.8. The van der Waals surface area contributed by atoms with Gasteiger partial charge >= 0.3 is 0 Å². The Bertz CT molecular complexity index is 4620. The van der Waals surface area contributed by atoms with Gasteiger partial charge in [-0.2, -0.15) is 0 Å². The van der Waals surface area contributed by atoms with Crippen molar-refractivity contribution in [3.05, 3.63) is 211 Å². The molecule has 376 valence electrons. The summed E-state index contributed by atoms with van der Waals surface area (Å²) in [5, 5.41) is 5.48. The molecule has 0 N–H and O–H groups in total. The van der Waals surface area contributed by atoms with Crippen molar-refractivity contribution in [2.24, 2.45) is 0 Å². The van der Waals surface area contributed by atoms with E-state index in [0.717, 1.165) is 25.7 Å². The smallest absolute Gasteiger partial charge is 0.0455 e. The van der Waals surface area contributed by atoms with E-state index in [1.165, 1.54) is 188 Å². The summed E-state index contributed by atoms with van der Waals surface area (Å²) >= 11 is 15.7. The molecule has 6 aromatic carbocycles. The van der Waals surface area contributed by atoms with E-state index in [-0.39, 0.29) is 0 Å². The van der Waals surface area contributed by atoms with Crippen LogP contribution in [-0.2, 0) is 25.7 Å². The lowest BCUT2D eigenvalue weighted by Crippen LogP contribution is -1.97. The highest BCUT2D eigenvalue weighted by Crippen LogP contribution is 2.57. The van der Waals surface area contributed by atoms with Gasteiger partial charge in [0.1, 0.15) is 0 Å². The lowest BCUT2D eigenvalue weighted by molar-refractivity contribution is 1.17. The molecule has 78 heavy (non-hydrogen) atoms. The summed E-state index contributed by atoms with van der Waals surface area (Å²) in [6, 6.07) is 51.7. The van der Waals surface area contributed by atoms with Crippen LogP contribution >= 0.6 is 90.7 Å². The van der Waals surface area contributed by atoms with Gasteiger partial charge < -0.3 is 0 Å². The average molecular weight is 1150 g/mol. The van der Waals surface area contributed by atoms with Crippen LogP contribution in [0.1, 0.15) is 77.9 Å². The molecule has 0 nitrogen and oxygen atoms in total. The van der Waals surface area contributed by atoms with E-state index in [1.807, 2.05) is 90.7 Å². The van der Waals surface area contributed by atoms with Gasteiger partial charge in [0.15, 0.2) is 0 Å². The fraction of sp³-hybridized carbons (Fsp3) is 0.143. The zero-order valence-corrected chi connectivity index (χ0v) is 50.3. The van der Waals surface area contributed by atoms with E-state index in [4.69, 9.17) is 0 Å². The first-order valence-electron chi connectivity index (χ1n) is 26.8. The van der Waals surface area contributed by atoms with Crippen LogP contribution in [-0.4, -0.2) is 0 Å². The van der Waals surface area contributed by atoms with E-state index >= 15 is 0 Å². The van der Waals surface area contributed by atoms with Crippen molar-refractivity contribution >= 4 is 131 Å². The molecule has 4 aliphatic rings. The lowest BCUT2D eigenvalue weighted by Gasteiger charge is -2.16. The van der Waals surface area contributed by atoms with Crippen LogP contribution < -0.4 is 0 Å². The number of hydrogen-bond acceptors (Lipinski definition) is 8. The standard InChI is InChI=1S/C36H26S4.C34H22S4/c1-17-5-7-27-21(9-17)13-29(37-27)31-15-23-11-25-20(4)34-26(19(3)33(25)35(23)39-31)12-24-16-32(40-36(24)34)30-14-22-10-18(2)6-8-28(22)38-30;1-17-3-5-27-21(7-17)13-29(35-27)31-15-23-9-19-12-26-20(11-25(19)33(23)37-31)10-24-16-32(38-34(24)26)30-14-22-8-18(2)4-6-28(22)36-30/h5-10,13-16H,11-12H2,1-4H3;3-8,11-16H,9-10H2,1-2H3. The van der Waals surface area contributed by atoms with Crippen molar-refractivity contribution in [2.45, 2.75) is 67.2 Å². The number of hydrogen-bond donors (Lipinski definition) is 0. The van der Waals surface area contributed by atoms with Gasteiger partial charge in [0.2, 0.25) is 0 Å². The molecule has 0 fully saturated rings. The third kappa shape index (κ3) is 7.27. The van der Waals surface area contributed by atoms with Crippen LogP contribution in [0.4, 0.5) is 0 Å². The Kier molecular flexibility index (Phi) is 10.3. The Morgan fingerprint density at radius 1 is 0.256 bits per heavy atom. The van der Waals surface area contributed by atoms with Crippen molar-refractivity contribution < 1.29 is 0 Å². The highest BCUT2D eigenvalue weighted by Gasteiger charge is 2.35. The van der Waals surface area contributed by atoms with Crippen LogP contribution in [0.3, 0.4) is 0 Å². The number of benzene rings is 6. The maximum atomic E-state index is 2.51. The van der Waals surface area contributed by atoms with Crippen LogP contribution in [0, 0.1) is 41.5 Å².